The van der Waals surface area contributed by atoms with Crippen LogP contribution in [0.4, 0.5) is 5.82 Å². The Hall–Kier alpha value is -4.43. The molecule has 186 valence electrons. The Kier molecular flexibility index (Phi) is 7.00. The van der Waals surface area contributed by atoms with Gasteiger partial charge in [0.1, 0.15) is 23.2 Å². The number of carbonyl (C=O) groups is 2. The standard InChI is InChI=1S/C29H26N4O3S/c1-19-13-15-37-26(19)25-27(30-18-21-10-6-3-7-11-21)33-14-12-22(17-24(33)32-25)28(34)31-23(29(35)36)16-20-8-4-2-5-9-20/h2-15,17,23,30H,16,18H2,1H3,(H,31,34)(H,35,36). The maximum absolute atomic E-state index is 13.1. The number of anilines is 1. The summed E-state index contributed by atoms with van der Waals surface area (Å²) >= 11 is 1.62. The van der Waals surface area contributed by atoms with Crippen molar-refractivity contribution >= 4 is 34.7 Å². The number of imidazole rings is 1. The molecular weight excluding hydrogens is 484 g/mol. The van der Waals surface area contributed by atoms with Crippen LogP contribution < -0.4 is 10.6 Å². The molecule has 2 aromatic carbocycles. The molecule has 0 fully saturated rings. The number of pyridine rings is 1. The van der Waals surface area contributed by atoms with Gasteiger partial charge in [-0.05, 0) is 47.2 Å². The summed E-state index contributed by atoms with van der Waals surface area (Å²) in [7, 11) is 0. The summed E-state index contributed by atoms with van der Waals surface area (Å²) in [6.07, 6.45) is 1.99. The molecule has 1 atom stereocenters. The zero-order chi connectivity index (χ0) is 25.8. The number of hydrogen-bond donors (Lipinski definition) is 3. The van der Waals surface area contributed by atoms with Crippen molar-refractivity contribution in [2.24, 2.45) is 0 Å². The van der Waals surface area contributed by atoms with Gasteiger partial charge in [-0.15, -0.1) is 11.3 Å². The van der Waals surface area contributed by atoms with Crippen LogP contribution in [0.3, 0.4) is 0 Å². The Balaban J connectivity index is 1.44. The Morgan fingerprint density at radius 1 is 1.00 bits per heavy atom. The number of carboxylic acids is 1. The number of carboxylic acid groups (broad SMARTS) is 1. The first kappa shape index (κ1) is 24.3. The number of amides is 1. The molecule has 0 spiro atoms. The number of thiophene rings is 1. The molecule has 8 heteroatoms. The second-order valence-electron chi connectivity index (χ2n) is 8.78. The molecule has 5 rings (SSSR count). The van der Waals surface area contributed by atoms with Crippen molar-refractivity contribution in [1.82, 2.24) is 14.7 Å². The lowest BCUT2D eigenvalue weighted by atomic mass is 10.1. The van der Waals surface area contributed by atoms with E-state index in [-0.39, 0.29) is 6.42 Å². The molecule has 0 saturated heterocycles. The van der Waals surface area contributed by atoms with E-state index in [1.807, 2.05) is 58.3 Å². The SMILES string of the molecule is Cc1ccsc1-c1nc2cc(C(=O)NC(Cc3ccccc3)C(=O)O)ccn2c1NCc1ccccc1. The van der Waals surface area contributed by atoms with E-state index < -0.39 is 17.9 Å². The van der Waals surface area contributed by atoms with Crippen molar-refractivity contribution in [3.63, 3.8) is 0 Å². The first-order valence-corrected chi connectivity index (χ1v) is 12.8. The van der Waals surface area contributed by atoms with Crippen molar-refractivity contribution in [3.8, 4) is 10.6 Å². The molecule has 3 heterocycles. The molecule has 0 aliphatic heterocycles. The Bertz CT molecular complexity index is 1540. The fraction of sp³-hybridized carbons (Fsp3) is 0.138. The predicted molar refractivity (Wildman–Crippen MR) is 146 cm³/mol. The van der Waals surface area contributed by atoms with Crippen molar-refractivity contribution < 1.29 is 14.7 Å². The number of carbonyl (C=O) groups excluding carboxylic acids is 1. The van der Waals surface area contributed by atoms with Gasteiger partial charge in [-0.3, -0.25) is 9.20 Å². The number of nitrogens with zero attached hydrogens (tertiary/aromatic N) is 2. The Morgan fingerprint density at radius 2 is 1.70 bits per heavy atom. The van der Waals surface area contributed by atoms with E-state index in [2.05, 4.69) is 35.8 Å². The normalized spacial score (nSPS) is 11.8. The van der Waals surface area contributed by atoms with E-state index in [9.17, 15) is 14.7 Å². The smallest absolute Gasteiger partial charge is 0.326 e. The molecule has 7 nitrogen and oxygen atoms in total. The first-order valence-electron chi connectivity index (χ1n) is 11.9. The minimum Gasteiger partial charge on any atom is -0.480 e. The molecule has 37 heavy (non-hydrogen) atoms. The number of aryl methyl sites for hydroxylation is 1. The van der Waals surface area contributed by atoms with Crippen LogP contribution >= 0.6 is 11.3 Å². The van der Waals surface area contributed by atoms with Crippen LogP contribution in [-0.4, -0.2) is 32.4 Å². The van der Waals surface area contributed by atoms with Gasteiger partial charge in [0, 0.05) is 24.7 Å². The molecule has 0 bridgehead atoms. The monoisotopic (exact) mass is 510 g/mol. The molecule has 5 aromatic rings. The zero-order valence-corrected chi connectivity index (χ0v) is 21.0. The highest BCUT2D eigenvalue weighted by molar-refractivity contribution is 7.13. The summed E-state index contributed by atoms with van der Waals surface area (Å²) in [6, 6.07) is 23.7. The van der Waals surface area contributed by atoms with E-state index in [1.165, 1.54) is 0 Å². The molecular formula is C29H26N4O3S. The van der Waals surface area contributed by atoms with E-state index in [0.29, 0.717) is 17.8 Å². The topological polar surface area (TPSA) is 95.7 Å². The van der Waals surface area contributed by atoms with Gasteiger partial charge >= 0.3 is 5.97 Å². The average molecular weight is 511 g/mol. The number of benzene rings is 2. The molecule has 1 unspecified atom stereocenters. The quantitative estimate of drug-likeness (QED) is 0.246. The summed E-state index contributed by atoms with van der Waals surface area (Å²) in [5, 5.41) is 17.9. The Labute approximate surface area is 218 Å². The molecule has 3 N–H and O–H groups in total. The summed E-state index contributed by atoms with van der Waals surface area (Å²) in [4.78, 5) is 30.8. The fourth-order valence-electron chi connectivity index (χ4n) is 4.20. The number of hydrogen-bond acceptors (Lipinski definition) is 5. The van der Waals surface area contributed by atoms with E-state index >= 15 is 0 Å². The molecule has 0 radical (unpaired) electrons. The van der Waals surface area contributed by atoms with Crippen LogP contribution in [0.2, 0.25) is 0 Å². The lowest BCUT2D eigenvalue weighted by Crippen LogP contribution is -2.42. The van der Waals surface area contributed by atoms with Gasteiger partial charge in [0.25, 0.3) is 5.91 Å². The summed E-state index contributed by atoms with van der Waals surface area (Å²) in [6.45, 7) is 2.67. The fourth-order valence-corrected chi connectivity index (χ4v) is 5.12. The van der Waals surface area contributed by atoms with Gasteiger partial charge in [-0.2, -0.15) is 0 Å². The predicted octanol–water partition coefficient (Wildman–Crippen LogP) is 5.41. The van der Waals surface area contributed by atoms with E-state index in [1.54, 1.807) is 29.7 Å². The number of aliphatic carboxylic acids is 1. The second-order valence-corrected chi connectivity index (χ2v) is 9.69. The largest absolute Gasteiger partial charge is 0.480 e. The van der Waals surface area contributed by atoms with Crippen LogP contribution in [0.25, 0.3) is 16.2 Å². The maximum Gasteiger partial charge on any atom is 0.326 e. The van der Waals surface area contributed by atoms with Crippen LogP contribution in [0.5, 0.6) is 0 Å². The molecule has 0 aliphatic carbocycles. The number of rotatable bonds is 9. The summed E-state index contributed by atoms with van der Waals surface area (Å²) in [5.74, 6) is -0.702. The Morgan fingerprint density at radius 3 is 2.35 bits per heavy atom. The van der Waals surface area contributed by atoms with Crippen molar-refractivity contribution in [2.45, 2.75) is 25.9 Å². The minimum atomic E-state index is -1.08. The third-order valence-corrected chi connectivity index (χ3v) is 7.18. The van der Waals surface area contributed by atoms with Crippen molar-refractivity contribution in [3.05, 3.63) is 113 Å². The number of fused-ring (bicyclic) bond motifs is 1. The third kappa shape index (κ3) is 5.39. The maximum atomic E-state index is 13.1. The first-order chi connectivity index (χ1) is 18.0. The van der Waals surface area contributed by atoms with Crippen molar-refractivity contribution in [1.29, 1.82) is 0 Å². The molecule has 1 amide bonds. The summed E-state index contributed by atoms with van der Waals surface area (Å²) in [5.41, 5.74) is 4.86. The van der Waals surface area contributed by atoms with Gasteiger partial charge < -0.3 is 15.7 Å². The van der Waals surface area contributed by atoms with Crippen LogP contribution in [0.1, 0.15) is 27.0 Å². The molecule has 3 aromatic heterocycles. The van der Waals surface area contributed by atoms with E-state index in [0.717, 1.165) is 33.1 Å². The van der Waals surface area contributed by atoms with Gasteiger partial charge in [0.15, 0.2) is 0 Å². The minimum absolute atomic E-state index is 0.197. The van der Waals surface area contributed by atoms with Crippen LogP contribution in [-0.2, 0) is 17.8 Å². The van der Waals surface area contributed by atoms with Crippen LogP contribution in [0.15, 0.2) is 90.4 Å². The number of aromatic nitrogens is 2. The van der Waals surface area contributed by atoms with Crippen molar-refractivity contribution in [2.75, 3.05) is 5.32 Å². The lowest BCUT2D eigenvalue weighted by Gasteiger charge is -2.15. The second kappa shape index (κ2) is 10.7. The van der Waals surface area contributed by atoms with Crippen LogP contribution in [0, 0.1) is 6.92 Å². The lowest BCUT2D eigenvalue weighted by molar-refractivity contribution is -0.139. The highest BCUT2D eigenvalue weighted by Crippen LogP contribution is 2.35. The van der Waals surface area contributed by atoms with E-state index in [4.69, 9.17) is 4.98 Å². The zero-order valence-electron chi connectivity index (χ0n) is 20.2. The average Bonchev–Trinajstić information content (AvgIpc) is 3.50. The van der Waals surface area contributed by atoms with Gasteiger partial charge in [-0.25, -0.2) is 9.78 Å². The van der Waals surface area contributed by atoms with Gasteiger partial charge in [-0.1, -0.05) is 60.7 Å². The molecule has 0 aliphatic rings. The third-order valence-electron chi connectivity index (χ3n) is 6.15. The molecule has 0 saturated carbocycles. The highest BCUT2D eigenvalue weighted by atomic mass is 32.1. The highest BCUT2D eigenvalue weighted by Gasteiger charge is 2.23. The number of nitrogens with one attached hydrogen (secondary N) is 2. The summed E-state index contributed by atoms with van der Waals surface area (Å²) < 4.78 is 1.92. The van der Waals surface area contributed by atoms with Gasteiger partial charge in [0.2, 0.25) is 0 Å². The van der Waals surface area contributed by atoms with Gasteiger partial charge in [0.05, 0.1) is 4.88 Å².